The molecule has 2 N–H and O–H groups in total. The van der Waals surface area contributed by atoms with Gasteiger partial charge in [0.05, 0.1) is 17.9 Å². The summed E-state index contributed by atoms with van der Waals surface area (Å²) in [4.78, 5) is 15.8. The third-order valence-electron chi connectivity index (χ3n) is 3.43. The summed E-state index contributed by atoms with van der Waals surface area (Å²) in [5, 5.41) is 4.75. The molecule has 0 atom stereocenters. The van der Waals surface area contributed by atoms with Crippen molar-refractivity contribution < 1.29 is 4.79 Å². The van der Waals surface area contributed by atoms with Crippen molar-refractivity contribution >= 4 is 17.4 Å². The quantitative estimate of drug-likeness (QED) is 0.793. The summed E-state index contributed by atoms with van der Waals surface area (Å²) in [7, 11) is 0. The Morgan fingerprint density at radius 2 is 2.09 bits per heavy atom. The molecule has 0 saturated carbocycles. The number of unbranched alkanes of at least 4 members (excludes halogenated alkanes) is 3. The molecule has 0 aliphatic carbocycles. The second-order valence-corrected chi connectivity index (χ2v) is 5.25. The van der Waals surface area contributed by atoms with Gasteiger partial charge in [0.25, 0.3) is 0 Å². The van der Waals surface area contributed by atoms with Crippen LogP contribution in [0.25, 0.3) is 0 Å². The number of para-hydroxylation sites is 1. The maximum atomic E-state index is 11.7. The normalized spacial score (nSPS) is 16.0. The molecule has 1 aliphatic rings. The van der Waals surface area contributed by atoms with E-state index in [1.165, 1.54) is 12.8 Å². The van der Waals surface area contributed by atoms with E-state index >= 15 is 0 Å². The summed E-state index contributed by atoms with van der Waals surface area (Å²) < 4.78 is 0. The minimum absolute atomic E-state index is 0.258. The largest absolute Gasteiger partial charge is 0.341 e. The predicted octanol–water partition coefficient (Wildman–Crippen LogP) is 3.26. The van der Waals surface area contributed by atoms with Gasteiger partial charge in [0, 0.05) is 12.7 Å². The van der Waals surface area contributed by atoms with E-state index in [0.717, 1.165) is 24.2 Å². The molecule has 1 heterocycles. The number of carbonyl (C=O) groups excluding carboxylic acids is 1. The summed E-state index contributed by atoms with van der Waals surface area (Å²) in [6.45, 7) is 3.41. The summed E-state index contributed by atoms with van der Waals surface area (Å²) >= 11 is 0. The van der Waals surface area contributed by atoms with Crippen molar-refractivity contribution in [2.24, 2.45) is 4.99 Å². The van der Waals surface area contributed by atoms with Crippen molar-refractivity contribution in [2.75, 3.05) is 18.1 Å². The molecule has 0 unspecified atom stereocenters. The van der Waals surface area contributed by atoms with Crippen LogP contribution in [0, 0.1) is 0 Å². The van der Waals surface area contributed by atoms with E-state index < -0.39 is 0 Å². The van der Waals surface area contributed by atoms with Crippen LogP contribution < -0.4 is 15.8 Å². The van der Waals surface area contributed by atoms with Gasteiger partial charge in [-0.25, -0.2) is 10.2 Å². The second-order valence-electron chi connectivity index (χ2n) is 5.25. The molecule has 5 heteroatoms. The van der Waals surface area contributed by atoms with Gasteiger partial charge < -0.3 is 5.32 Å². The number of hydrogen-bond acceptors (Lipinski definition) is 3. The van der Waals surface area contributed by atoms with E-state index in [0.29, 0.717) is 13.1 Å². The molecule has 22 heavy (non-hydrogen) atoms. The molecule has 1 aromatic rings. The monoisotopic (exact) mass is 300 g/mol. The number of hydrazine groups is 1. The van der Waals surface area contributed by atoms with Crippen LogP contribution in [0.5, 0.6) is 0 Å². The van der Waals surface area contributed by atoms with Crippen LogP contribution in [0.2, 0.25) is 0 Å². The molecule has 0 bridgehead atoms. The first kappa shape index (κ1) is 16.2. The predicted molar refractivity (Wildman–Crippen MR) is 91.0 cm³/mol. The fraction of sp³-hybridized carbons (Fsp3) is 0.412. The van der Waals surface area contributed by atoms with Gasteiger partial charge in [0.15, 0.2) is 0 Å². The van der Waals surface area contributed by atoms with Gasteiger partial charge in [-0.05, 0) is 24.6 Å². The van der Waals surface area contributed by atoms with Crippen LogP contribution >= 0.6 is 0 Å². The van der Waals surface area contributed by atoms with E-state index in [-0.39, 0.29) is 6.03 Å². The fourth-order valence-corrected chi connectivity index (χ4v) is 2.20. The number of aliphatic imine (C=N–C) groups is 1. The first-order chi connectivity index (χ1) is 10.8. The molecule has 2 amide bonds. The summed E-state index contributed by atoms with van der Waals surface area (Å²) in [6, 6.07) is 9.73. The molecular formula is C17H24N4O. The van der Waals surface area contributed by atoms with E-state index in [9.17, 15) is 4.79 Å². The molecule has 0 aromatic heterocycles. The highest BCUT2D eigenvalue weighted by molar-refractivity contribution is 6.04. The standard InChI is InChI=1S/C17H24N4O/c1-2-3-4-8-12-18-17(22)20-15-11-13-21(19-14-15)16-9-6-5-7-10-16/h5-7,9-11,13,19H,2-4,8,12,14H2,1H3,(H,18,22). The van der Waals surface area contributed by atoms with Crippen molar-refractivity contribution in [3.8, 4) is 0 Å². The fourth-order valence-electron chi connectivity index (χ4n) is 2.20. The van der Waals surface area contributed by atoms with Crippen LogP contribution in [0.15, 0.2) is 47.6 Å². The second kappa shape index (κ2) is 9.00. The van der Waals surface area contributed by atoms with Crippen LogP contribution in [0.4, 0.5) is 10.5 Å². The zero-order valence-corrected chi connectivity index (χ0v) is 13.1. The SMILES string of the molecule is CCCCCCNC(=O)N=C1C=CN(c2ccccc2)NC1. The van der Waals surface area contributed by atoms with Gasteiger partial charge in [0.1, 0.15) is 0 Å². The zero-order chi connectivity index (χ0) is 15.6. The number of nitrogens with zero attached hydrogens (tertiary/aromatic N) is 2. The molecule has 1 aliphatic heterocycles. The molecule has 0 spiro atoms. The van der Waals surface area contributed by atoms with Crippen LogP contribution in [0.1, 0.15) is 32.6 Å². The van der Waals surface area contributed by atoms with Crippen molar-refractivity contribution in [2.45, 2.75) is 32.6 Å². The minimum Gasteiger partial charge on any atom is -0.336 e. The highest BCUT2D eigenvalue weighted by Crippen LogP contribution is 2.12. The highest BCUT2D eigenvalue weighted by Gasteiger charge is 2.10. The Kier molecular flexibility index (Phi) is 6.64. The maximum Gasteiger partial charge on any atom is 0.341 e. The van der Waals surface area contributed by atoms with Gasteiger partial charge in [-0.1, -0.05) is 44.4 Å². The average molecular weight is 300 g/mol. The average Bonchev–Trinajstić information content (AvgIpc) is 2.56. The maximum absolute atomic E-state index is 11.7. The van der Waals surface area contributed by atoms with Crippen molar-refractivity contribution in [3.05, 3.63) is 42.6 Å². The van der Waals surface area contributed by atoms with E-state index in [4.69, 9.17) is 0 Å². The molecule has 2 rings (SSSR count). The van der Waals surface area contributed by atoms with E-state index in [1.807, 2.05) is 47.6 Å². The summed E-state index contributed by atoms with van der Waals surface area (Å²) in [6.07, 6.45) is 8.32. The summed E-state index contributed by atoms with van der Waals surface area (Å²) in [5.74, 6) is 0. The van der Waals surface area contributed by atoms with Gasteiger partial charge >= 0.3 is 6.03 Å². The van der Waals surface area contributed by atoms with E-state index in [2.05, 4.69) is 22.7 Å². The minimum atomic E-state index is -0.258. The third kappa shape index (κ3) is 5.33. The molecule has 5 nitrogen and oxygen atoms in total. The number of nitrogens with one attached hydrogen (secondary N) is 2. The lowest BCUT2D eigenvalue weighted by Gasteiger charge is -2.25. The van der Waals surface area contributed by atoms with Crippen molar-refractivity contribution in [3.63, 3.8) is 0 Å². The lowest BCUT2D eigenvalue weighted by molar-refractivity contribution is 0.249. The molecule has 1 aromatic carbocycles. The van der Waals surface area contributed by atoms with Crippen LogP contribution in [0.3, 0.4) is 0 Å². The Hall–Kier alpha value is -2.14. The lowest BCUT2D eigenvalue weighted by Crippen LogP contribution is -2.41. The number of hydrogen-bond donors (Lipinski definition) is 2. The van der Waals surface area contributed by atoms with Crippen LogP contribution in [-0.4, -0.2) is 24.8 Å². The molecule has 0 radical (unpaired) electrons. The number of urea groups is 1. The Balaban J connectivity index is 1.78. The van der Waals surface area contributed by atoms with Crippen LogP contribution in [-0.2, 0) is 0 Å². The van der Waals surface area contributed by atoms with Gasteiger partial charge in [-0.15, -0.1) is 0 Å². The third-order valence-corrected chi connectivity index (χ3v) is 3.43. The summed E-state index contributed by atoms with van der Waals surface area (Å²) in [5.41, 5.74) is 5.00. The topological polar surface area (TPSA) is 56.7 Å². The van der Waals surface area contributed by atoms with Gasteiger partial charge in [-0.3, -0.25) is 5.01 Å². The molecule has 0 fully saturated rings. The Bertz CT molecular complexity index is 525. The zero-order valence-electron chi connectivity index (χ0n) is 13.1. The Morgan fingerprint density at radius 3 is 2.77 bits per heavy atom. The lowest BCUT2D eigenvalue weighted by atomic mass is 10.2. The van der Waals surface area contributed by atoms with Crippen molar-refractivity contribution in [1.82, 2.24) is 10.7 Å². The number of amides is 2. The number of anilines is 1. The molecule has 118 valence electrons. The highest BCUT2D eigenvalue weighted by atomic mass is 16.2. The Morgan fingerprint density at radius 1 is 1.27 bits per heavy atom. The van der Waals surface area contributed by atoms with Gasteiger partial charge in [-0.2, -0.15) is 4.99 Å². The number of rotatable bonds is 6. The number of carbonyl (C=O) groups is 1. The molecule has 0 saturated heterocycles. The first-order valence-electron chi connectivity index (χ1n) is 7.91. The smallest absolute Gasteiger partial charge is 0.336 e. The number of benzene rings is 1. The molecular weight excluding hydrogens is 276 g/mol. The first-order valence-corrected chi connectivity index (χ1v) is 7.91. The van der Waals surface area contributed by atoms with Crippen molar-refractivity contribution in [1.29, 1.82) is 0 Å². The Labute approximate surface area is 132 Å². The van der Waals surface area contributed by atoms with E-state index in [1.54, 1.807) is 0 Å². The van der Waals surface area contributed by atoms with Gasteiger partial charge in [0.2, 0.25) is 0 Å².